The number of carbonyl (C=O) groups excluding carboxylic acids is 1. The van der Waals surface area contributed by atoms with E-state index in [9.17, 15) is 18.0 Å². The molecule has 0 aromatic rings. The molecule has 4 heteroatoms. The summed E-state index contributed by atoms with van der Waals surface area (Å²) in [5.41, 5.74) is 0. The van der Waals surface area contributed by atoms with Crippen molar-refractivity contribution in [3.63, 3.8) is 0 Å². The van der Waals surface area contributed by atoms with E-state index in [4.69, 9.17) is 0 Å². The fourth-order valence-electron chi connectivity index (χ4n) is 0.0639. The van der Waals surface area contributed by atoms with Crippen LogP contribution in [0.4, 0.5) is 13.2 Å². The molecular formula is C4H3F3O. The third-order valence-electron chi connectivity index (χ3n) is 0.510. The van der Waals surface area contributed by atoms with Crippen molar-refractivity contribution in [3.8, 4) is 0 Å². The number of rotatable bonds is 2. The second-order valence-electron chi connectivity index (χ2n) is 1.15. The van der Waals surface area contributed by atoms with Crippen LogP contribution in [-0.2, 0) is 4.79 Å². The molecule has 0 unspecified atom stereocenters. The number of allylic oxidation sites excluding steroid dienone is 1. The van der Waals surface area contributed by atoms with Gasteiger partial charge in [0, 0.05) is 0 Å². The first kappa shape index (κ1) is 7.20. The highest BCUT2D eigenvalue weighted by atomic mass is 19.3. The number of aldehydes is 1. The van der Waals surface area contributed by atoms with E-state index in [-0.39, 0.29) is 0 Å². The minimum absolute atomic E-state index is 0.796. The Bertz CT molecular complexity index is 118. The number of halogens is 3. The summed E-state index contributed by atoms with van der Waals surface area (Å²) in [5, 5.41) is 0. The molecule has 0 fully saturated rings. The van der Waals surface area contributed by atoms with Crippen LogP contribution in [-0.4, -0.2) is 12.2 Å². The molecule has 0 bridgehead atoms. The van der Waals surface area contributed by atoms with Crippen molar-refractivity contribution < 1.29 is 18.0 Å². The summed E-state index contributed by atoms with van der Waals surface area (Å²) >= 11 is 0. The Morgan fingerprint density at radius 3 is 2.00 bits per heavy atom. The molecule has 0 radical (unpaired) electrons. The summed E-state index contributed by atoms with van der Waals surface area (Å²) in [6.07, 6.45) is -0.796. The minimum Gasteiger partial charge on any atom is -0.296 e. The standard InChI is InChI=1S/C4H3F3O/c1-3(5)4(6,7)2-8/h2H,1H2. The zero-order chi connectivity index (χ0) is 6.78. The van der Waals surface area contributed by atoms with E-state index < -0.39 is 18.0 Å². The van der Waals surface area contributed by atoms with Crippen molar-refractivity contribution in [1.82, 2.24) is 0 Å². The van der Waals surface area contributed by atoms with E-state index in [1.165, 1.54) is 0 Å². The molecule has 0 rings (SSSR count). The third kappa shape index (κ3) is 1.36. The van der Waals surface area contributed by atoms with Gasteiger partial charge in [-0.15, -0.1) is 0 Å². The Hall–Kier alpha value is -0.800. The van der Waals surface area contributed by atoms with Gasteiger partial charge in [0.2, 0.25) is 0 Å². The lowest BCUT2D eigenvalue weighted by Gasteiger charge is -2.01. The third-order valence-corrected chi connectivity index (χ3v) is 0.510. The van der Waals surface area contributed by atoms with Crippen LogP contribution in [0.15, 0.2) is 12.4 Å². The average molecular weight is 124 g/mol. The quantitative estimate of drug-likeness (QED) is 0.507. The summed E-state index contributed by atoms with van der Waals surface area (Å²) in [5.74, 6) is -5.92. The smallest absolute Gasteiger partial charge is 0.296 e. The highest BCUT2D eigenvalue weighted by molar-refractivity contribution is 5.64. The van der Waals surface area contributed by atoms with Crippen molar-refractivity contribution in [2.45, 2.75) is 5.92 Å². The fourth-order valence-corrected chi connectivity index (χ4v) is 0.0639. The molecule has 0 aromatic heterocycles. The fraction of sp³-hybridized carbons (Fsp3) is 0.250. The molecule has 0 aromatic carbocycles. The van der Waals surface area contributed by atoms with Crippen LogP contribution in [0.25, 0.3) is 0 Å². The first-order chi connectivity index (χ1) is 3.50. The van der Waals surface area contributed by atoms with Crippen molar-refractivity contribution in [3.05, 3.63) is 12.4 Å². The molecule has 0 heterocycles. The molecule has 0 saturated heterocycles. The zero-order valence-electron chi connectivity index (χ0n) is 3.83. The molecule has 8 heavy (non-hydrogen) atoms. The largest absolute Gasteiger partial charge is 0.352 e. The minimum atomic E-state index is -4.00. The van der Waals surface area contributed by atoms with Crippen molar-refractivity contribution in [2.75, 3.05) is 0 Å². The topological polar surface area (TPSA) is 17.1 Å². The summed E-state index contributed by atoms with van der Waals surface area (Å²) in [4.78, 5) is 9.22. The lowest BCUT2D eigenvalue weighted by Crippen LogP contribution is -2.17. The van der Waals surface area contributed by atoms with Crippen molar-refractivity contribution >= 4 is 6.29 Å². The van der Waals surface area contributed by atoms with Crippen LogP contribution >= 0.6 is 0 Å². The Labute approximate surface area is 43.8 Å². The maximum Gasteiger partial charge on any atom is 0.352 e. The zero-order valence-corrected chi connectivity index (χ0v) is 3.83. The molecule has 0 N–H and O–H groups in total. The van der Waals surface area contributed by atoms with Crippen molar-refractivity contribution in [1.29, 1.82) is 0 Å². The number of alkyl halides is 2. The van der Waals surface area contributed by atoms with E-state index >= 15 is 0 Å². The van der Waals surface area contributed by atoms with E-state index in [0.29, 0.717) is 0 Å². The highest BCUT2D eigenvalue weighted by Gasteiger charge is 2.32. The van der Waals surface area contributed by atoms with Gasteiger partial charge in [-0.2, -0.15) is 8.78 Å². The lowest BCUT2D eigenvalue weighted by molar-refractivity contribution is -0.126. The highest BCUT2D eigenvalue weighted by Crippen LogP contribution is 2.19. The van der Waals surface area contributed by atoms with Gasteiger partial charge in [0.15, 0.2) is 12.1 Å². The summed E-state index contributed by atoms with van der Waals surface area (Å²) in [6, 6.07) is 0. The van der Waals surface area contributed by atoms with Gasteiger partial charge in [-0.25, -0.2) is 4.39 Å². The molecule has 0 aliphatic rings. The molecule has 0 aliphatic heterocycles. The van der Waals surface area contributed by atoms with Crippen LogP contribution in [0.3, 0.4) is 0 Å². The Kier molecular flexibility index (Phi) is 1.78. The van der Waals surface area contributed by atoms with E-state index in [0.717, 1.165) is 0 Å². The number of hydrogen-bond donors (Lipinski definition) is 0. The first-order valence-corrected chi connectivity index (χ1v) is 1.69. The molecule has 0 amide bonds. The molecule has 0 saturated carbocycles. The summed E-state index contributed by atoms with van der Waals surface area (Å²) in [7, 11) is 0. The second-order valence-corrected chi connectivity index (χ2v) is 1.15. The lowest BCUT2D eigenvalue weighted by atomic mass is 10.3. The molecule has 46 valence electrons. The van der Waals surface area contributed by atoms with Crippen molar-refractivity contribution in [2.24, 2.45) is 0 Å². The van der Waals surface area contributed by atoms with Crippen LogP contribution < -0.4 is 0 Å². The molecule has 0 spiro atoms. The maximum atomic E-state index is 11.4. The van der Waals surface area contributed by atoms with Gasteiger partial charge in [-0.1, -0.05) is 6.58 Å². The van der Waals surface area contributed by atoms with E-state index in [2.05, 4.69) is 6.58 Å². The first-order valence-electron chi connectivity index (χ1n) is 1.69. The number of carbonyl (C=O) groups is 1. The average Bonchev–Trinajstić information content (AvgIpc) is 1.67. The van der Waals surface area contributed by atoms with Gasteiger partial charge in [0.25, 0.3) is 0 Å². The van der Waals surface area contributed by atoms with Crippen LogP contribution in [0.1, 0.15) is 0 Å². The second kappa shape index (κ2) is 1.98. The Balaban J connectivity index is 4.12. The van der Waals surface area contributed by atoms with Gasteiger partial charge < -0.3 is 0 Å². The molecular weight excluding hydrogens is 121 g/mol. The number of hydrogen-bond acceptors (Lipinski definition) is 1. The van der Waals surface area contributed by atoms with E-state index in [1.54, 1.807) is 0 Å². The van der Waals surface area contributed by atoms with Crippen LogP contribution in [0, 0.1) is 0 Å². The van der Waals surface area contributed by atoms with Gasteiger partial charge >= 0.3 is 5.92 Å². The van der Waals surface area contributed by atoms with Gasteiger partial charge in [-0.05, 0) is 0 Å². The van der Waals surface area contributed by atoms with E-state index in [1.807, 2.05) is 0 Å². The summed E-state index contributed by atoms with van der Waals surface area (Å²) in [6.45, 7) is 2.25. The Morgan fingerprint density at radius 1 is 1.62 bits per heavy atom. The normalized spacial score (nSPS) is 10.9. The summed E-state index contributed by atoms with van der Waals surface area (Å²) < 4.78 is 34.2. The Morgan fingerprint density at radius 2 is 2.00 bits per heavy atom. The van der Waals surface area contributed by atoms with Gasteiger partial charge in [-0.3, -0.25) is 4.79 Å². The predicted octanol–water partition coefficient (Wildman–Crippen LogP) is 1.30. The van der Waals surface area contributed by atoms with Gasteiger partial charge in [0.1, 0.15) is 0 Å². The SMILES string of the molecule is C=C(F)C(F)(F)C=O. The molecule has 1 nitrogen and oxygen atoms in total. The predicted molar refractivity (Wildman–Crippen MR) is 21.3 cm³/mol. The monoisotopic (exact) mass is 124 g/mol. The molecule has 0 atom stereocenters. The van der Waals surface area contributed by atoms with Crippen LogP contribution in [0.2, 0.25) is 0 Å². The maximum absolute atomic E-state index is 11.4. The molecule has 0 aliphatic carbocycles. The van der Waals surface area contributed by atoms with Crippen LogP contribution in [0.5, 0.6) is 0 Å². The van der Waals surface area contributed by atoms with Gasteiger partial charge in [0.05, 0.1) is 0 Å².